The van der Waals surface area contributed by atoms with Gasteiger partial charge in [0.25, 0.3) is 0 Å². The molecule has 0 fully saturated rings. The fourth-order valence-corrected chi connectivity index (χ4v) is 3.04. The number of benzene rings is 2. The molecule has 0 heterocycles. The van der Waals surface area contributed by atoms with Crippen molar-refractivity contribution in [2.24, 2.45) is 0 Å². The molecule has 0 atom stereocenters. The Hall–Kier alpha value is -1.68. The number of hydrogen-bond donors (Lipinski definition) is 1. The summed E-state index contributed by atoms with van der Waals surface area (Å²) in [5.74, 6) is 1.49. The Labute approximate surface area is 129 Å². The Balaban J connectivity index is 1.74. The third-order valence-electron chi connectivity index (χ3n) is 2.91. The highest BCUT2D eigenvalue weighted by atomic mass is 32.2. The van der Waals surface area contributed by atoms with Gasteiger partial charge in [-0.05, 0) is 61.7 Å². The van der Waals surface area contributed by atoms with E-state index in [2.05, 4.69) is 19.9 Å². The van der Waals surface area contributed by atoms with Crippen molar-refractivity contribution in [1.29, 1.82) is 0 Å². The van der Waals surface area contributed by atoms with E-state index in [9.17, 15) is 4.39 Å². The zero-order chi connectivity index (χ0) is 15.2. The van der Waals surface area contributed by atoms with Crippen LogP contribution in [0.3, 0.4) is 0 Å². The zero-order valence-electron chi connectivity index (χ0n) is 12.4. The minimum absolute atomic E-state index is 0.288. The molecule has 2 aromatic rings. The van der Waals surface area contributed by atoms with Gasteiger partial charge in [-0.15, -0.1) is 11.8 Å². The lowest BCUT2D eigenvalue weighted by molar-refractivity contribution is 0.318. The summed E-state index contributed by atoms with van der Waals surface area (Å²) in [7, 11) is 0. The molecule has 0 unspecified atom stereocenters. The van der Waals surface area contributed by atoms with E-state index in [0.717, 1.165) is 22.8 Å². The van der Waals surface area contributed by atoms with Crippen molar-refractivity contribution in [3.63, 3.8) is 0 Å². The van der Waals surface area contributed by atoms with Gasteiger partial charge >= 0.3 is 0 Å². The Kier molecular flexibility index (Phi) is 5.51. The summed E-state index contributed by atoms with van der Waals surface area (Å²) < 4.78 is 18.9. The number of nitrogens with two attached hydrogens (primary N) is 1. The van der Waals surface area contributed by atoms with Crippen LogP contribution in [0.5, 0.6) is 5.75 Å². The van der Waals surface area contributed by atoms with Gasteiger partial charge in [-0.1, -0.05) is 6.07 Å². The number of anilines is 1. The zero-order valence-corrected chi connectivity index (χ0v) is 13.2. The Morgan fingerprint density at radius 3 is 2.43 bits per heavy atom. The average molecular weight is 305 g/mol. The van der Waals surface area contributed by atoms with Gasteiger partial charge in [-0.2, -0.15) is 0 Å². The number of thioether (sulfide) groups is 1. The standard InChI is InChI=1S/C17H20FNOS/c1-12-6-13(2)8-16(7-12)20-4-3-5-21-17-10-14(18)9-15(19)11-17/h6-11H,3-5,19H2,1-2H3. The number of hydrogen-bond acceptors (Lipinski definition) is 3. The molecule has 2 rings (SSSR count). The first-order valence-electron chi connectivity index (χ1n) is 6.93. The van der Waals surface area contributed by atoms with Gasteiger partial charge in [-0.25, -0.2) is 4.39 Å². The van der Waals surface area contributed by atoms with Gasteiger partial charge in [0.05, 0.1) is 6.61 Å². The topological polar surface area (TPSA) is 35.2 Å². The molecule has 2 nitrogen and oxygen atoms in total. The van der Waals surface area contributed by atoms with Crippen LogP contribution in [-0.2, 0) is 0 Å². The fraction of sp³-hybridized carbons (Fsp3) is 0.294. The van der Waals surface area contributed by atoms with Crippen LogP contribution in [0.4, 0.5) is 10.1 Å². The smallest absolute Gasteiger partial charge is 0.126 e. The fourth-order valence-electron chi connectivity index (χ4n) is 2.12. The van der Waals surface area contributed by atoms with E-state index in [-0.39, 0.29) is 5.82 Å². The molecule has 21 heavy (non-hydrogen) atoms. The van der Waals surface area contributed by atoms with Crippen molar-refractivity contribution >= 4 is 17.4 Å². The summed E-state index contributed by atoms with van der Waals surface area (Å²) in [6.07, 6.45) is 0.897. The van der Waals surface area contributed by atoms with E-state index < -0.39 is 0 Å². The van der Waals surface area contributed by atoms with E-state index in [1.807, 2.05) is 12.1 Å². The monoisotopic (exact) mass is 305 g/mol. The van der Waals surface area contributed by atoms with Gasteiger partial charge in [0.15, 0.2) is 0 Å². The van der Waals surface area contributed by atoms with Gasteiger partial charge in [-0.3, -0.25) is 0 Å². The number of halogens is 1. The third-order valence-corrected chi connectivity index (χ3v) is 3.98. The highest BCUT2D eigenvalue weighted by molar-refractivity contribution is 7.99. The Bertz CT molecular complexity index is 522. The van der Waals surface area contributed by atoms with Crippen LogP contribution in [0, 0.1) is 19.7 Å². The molecule has 0 bridgehead atoms. The first-order chi connectivity index (χ1) is 10.0. The lowest BCUT2D eigenvalue weighted by Gasteiger charge is -2.08. The van der Waals surface area contributed by atoms with E-state index >= 15 is 0 Å². The molecule has 0 amide bonds. The molecule has 0 saturated carbocycles. The third kappa shape index (κ3) is 5.31. The Morgan fingerprint density at radius 1 is 1.05 bits per heavy atom. The maximum Gasteiger partial charge on any atom is 0.126 e. The van der Waals surface area contributed by atoms with E-state index in [0.29, 0.717) is 12.3 Å². The minimum atomic E-state index is -0.288. The van der Waals surface area contributed by atoms with Gasteiger partial charge in [0, 0.05) is 16.3 Å². The largest absolute Gasteiger partial charge is 0.494 e. The van der Waals surface area contributed by atoms with Crippen molar-refractivity contribution in [3.8, 4) is 5.75 Å². The number of ether oxygens (including phenoxy) is 1. The second-order valence-corrected chi connectivity index (χ2v) is 6.26. The minimum Gasteiger partial charge on any atom is -0.494 e. The molecule has 4 heteroatoms. The molecule has 0 aromatic heterocycles. The van der Waals surface area contributed by atoms with Crippen LogP contribution in [0.1, 0.15) is 17.5 Å². The van der Waals surface area contributed by atoms with Crippen molar-refractivity contribution in [2.45, 2.75) is 25.2 Å². The predicted molar refractivity (Wildman–Crippen MR) is 87.6 cm³/mol. The summed E-state index contributed by atoms with van der Waals surface area (Å²) in [6, 6.07) is 10.8. The van der Waals surface area contributed by atoms with Crippen LogP contribution in [-0.4, -0.2) is 12.4 Å². The maximum atomic E-state index is 13.2. The van der Waals surface area contributed by atoms with Gasteiger partial charge in [0.1, 0.15) is 11.6 Å². The molecule has 0 aliphatic rings. The summed E-state index contributed by atoms with van der Waals surface area (Å²) in [5, 5.41) is 0. The van der Waals surface area contributed by atoms with Crippen LogP contribution < -0.4 is 10.5 Å². The summed E-state index contributed by atoms with van der Waals surface area (Å²) in [5.41, 5.74) is 8.48. The van der Waals surface area contributed by atoms with E-state index in [4.69, 9.17) is 10.5 Å². The van der Waals surface area contributed by atoms with Crippen molar-refractivity contribution in [3.05, 3.63) is 53.3 Å². The molecule has 0 aliphatic carbocycles. The summed E-state index contributed by atoms with van der Waals surface area (Å²) in [4.78, 5) is 0.860. The van der Waals surface area contributed by atoms with Crippen LogP contribution in [0.25, 0.3) is 0 Å². The Morgan fingerprint density at radius 2 is 1.76 bits per heavy atom. The lowest BCUT2D eigenvalue weighted by atomic mass is 10.1. The number of nitrogen functional groups attached to an aromatic ring is 1. The summed E-state index contributed by atoms with van der Waals surface area (Å²) >= 11 is 1.59. The highest BCUT2D eigenvalue weighted by Crippen LogP contribution is 2.23. The number of rotatable bonds is 6. The first kappa shape index (κ1) is 15.7. The molecule has 2 aromatic carbocycles. The maximum absolute atomic E-state index is 13.2. The molecule has 0 saturated heterocycles. The van der Waals surface area contributed by atoms with Crippen molar-refractivity contribution < 1.29 is 9.13 Å². The second-order valence-electron chi connectivity index (χ2n) is 5.09. The first-order valence-corrected chi connectivity index (χ1v) is 7.91. The van der Waals surface area contributed by atoms with E-state index in [1.165, 1.54) is 23.3 Å². The molecule has 2 N–H and O–H groups in total. The van der Waals surface area contributed by atoms with Gasteiger partial charge in [0.2, 0.25) is 0 Å². The molecule has 0 aliphatic heterocycles. The van der Waals surface area contributed by atoms with Crippen LogP contribution in [0.15, 0.2) is 41.3 Å². The average Bonchev–Trinajstić information content (AvgIpc) is 2.36. The summed E-state index contributed by atoms with van der Waals surface area (Å²) in [6.45, 7) is 4.77. The molecule has 0 spiro atoms. The highest BCUT2D eigenvalue weighted by Gasteiger charge is 2.01. The SMILES string of the molecule is Cc1cc(C)cc(OCCCSc2cc(N)cc(F)c2)c1. The van der Waals surface area contributed by atoms with Crippen molar-refractivity contribution in [2.75, 3.05) is 18.1 Å². The van der Waals surface area contributed by atoms with Crippen LogP contribution >= 0.6 is 11.8 Å². The van der Waals surface area contributed by atoms with E-state index in [1.54, 1.807) is 17.8 Å². The normalized spacial score (nSPS) is 10.6. The molecular weight excluding hydrogens is 285 g/mol. The number of aryl methyl sites for hydroxylation is 2. The van der Waals surface area contributed by atoms with Crippen LogP contribution in [0.2, 0.25) is 0 Å². The predicted octanol–water partition coefficient (Wildman–Crippen LogP) is 4.59. The van der Waals surface area contributed by atoms with Crippen molar-refractivity contribution in [1.82, 2.24) is 0 Å². The quantitative estimate of drug-likeness (QED) is 0.482. The molecular formula is C17H20FNOS. The second kappa shape index (κ2) is 7.36. The molecule has 112 valence electrons. The lowest BCUT2D eigenvalue weighted by Crippen LogP contribution is -1.99. The van der Waals surface area contributed by atoms with Gasteiger partial charge < -0.3 is 10.5 Å². The molecule has 0 radical (unpaired) electrons.